The highest BCUT2D eigenvalue weighted by Gasteiger charge is 2.18. The standard InChI is InChI=1S/C9H15N3O3/c1-4-14-5-15-9(13)8-7(10)6(2)11-12(8)3/h4-5,10H2,1-3H3. The maximum Gasteiger partial charge on any atom is 0.360 e. The molecule has 0 atom stereocenters. The largest absolute Gasteiger partial charge is 0.434 e. The minimum absolute atomic E-state index is 0.0704. The van der Waals surface area contributed by atoms with E-state index in [1.807, 2.05) is 6.92 Å². The maximum absolute atomic E-state index is 11.5. The number of hydrogen-bond acceptors (Lipinski definition) is 5. The van der Waals surface area contributed by atoms with Gasteiger partial charge in [0, 0.05) is 13.7 Å². The van der Waals surface area contributed by atoms with E-state index in [0.717, 1.165) is 0 Å². The van der Waals surface area contributed by atoms with Crippen molar-refractivity contribution in [2.45, 2.75) is 13.8 Å². The van der Waals surface area contributed by atoms with Crippen LogP contribution in [0.15, 0.2) is 0 Å². The van der Waals surface area contributed by atoms with E-state index < -0.39 is 5.97 Å². The van der Waals surface area contributed by atoms with Crippen molar-refractivity contribution in [3.63, 3.8) is 0 Å². The van der Waals surface area contributed by atoms with Crippen LogP contribution in [0.25, 0.3) is 0 Å². The summed E-state index contributed by atoms with van der Waals surface area (Å²) < 4.78 is 11.1. The van der Waals surface area contributed by atoms with Gasteiger partial charge in [-0.25, -0.2) is 4.79 Å². The average Bonchev–Trinajstić information content (AvgIpc) is 2.41. The van der Waals surface area contributed by atoms with Crippen LogP contribution in [0.3, 0.4) is 0 Å². The van der Waals surface area contributed by atoms with Gasteiger partial charge < -0.3 is 15.2 Å². The number of hydrogen-bond donors (Lipinski definition) is 1. The number of ether oxygens (including phenoxy) is 2. The zero-order chi connectivity index (χ0) is 11.4. The van der Waals surface area contributed by atoms with E-state index in [1.165, 1.54) is 4.68 Å². The predicted molar refractivity (Wildman–Crippen MR) is 54.3 cm³/mol. The molecule has 0 radical (unpaired) electrons. The molecule has 1 rings (SSSR count). The lowest BCUT2D eigenvalue weighted by molar-refractivity contribution is -0.0281. The Morgan fingerprint density at radius 3 is 2.73 bits per heavy atom. The lowest BCUT2D eigenvalue weighted by Gasteiger charge is -2.05. The van der Waals surface area contributed by atoms with Crippen LogP contribution in [-0.2, 0) is 16.5 Å². The molecule has 15 heavy (non-hydrogen) atoms. The van der Waals surface area contributed by atoms with Gasteiger partial charge in [-0.1, -0.05) is 0 Å². The van der Waals surface area contributed by atoms with Gasteiger partial charge in [0.2, 0.25) is 0 Å². The lowest BCUT2D eigenvalue weighted by atomic mass is 10.3. The molecule has 0 aliphatic carbocycles. The summed E-state index contributed by atoms with van der Waals surface area (Å²) in [5.74, 6) is -0.524. The molecule has 84 valence electrons. The Kier molecular flexibility index (Phi) is 3.68. The van der Waals surface area contributed by atoms with E-state index in [4.69, 9.17) is 15.2 Å². The van der Waals surface area contributed by atoms with Crippen molar-refractivity contribution in [2.24, 2.45) is 7.05 Å². The minimum atomic E-state index is -0.524. The number of nitrogens with zero attached hydrogens (tertiary/aromatic N) is 2. The highest BCUT2D eigenvalue weighted by Crippen LogP contribution is 2.15. The number of anilines is 1. The number of rotatable bonds is 4. The predicted octanol–water partition coefficient (Wildman–Crippen LogP) is 0.462. The normalized spacial score (nSPS) is 10.3. The Morgan fingerprint density at radius 1 is 1.60 bits per heavy atom. The maximum atomic E-state index is 11.5. The van der Waals surface area contributed by atoms with Crippen LogP contribution in [0.5, 0.6) is 0 Å². The summed E-state index contributed by atoms with van der Waals surface area (Å²) in [6.07, 6.45) is 0. The molecule has 0 aliphatic heterocycles. The zero-order valence-electron chi connectivity index (χ0n) is 9.11. The van der Waals surface area contributed by atoms with Crippen LogP contribution in [0, 0.1) is 6.92 Å². The molecule has 0 amide bonds. The molecule has 6 heteroatoms. The Bertz CT molecular complexity index is 360. The van der Waals surface area contributed by atoms with Crippen molar-refractivity contribution >= 4 is 11.7 Å². The topological polar surface area (TPSA) is 79.4 Å². The second kappa shape index (κ2) is 4.79. The van der Waals surface area contributed by atoms with Crippen LogP contribution in [-0.4, -0.2) is 29.1 Å². The van der Waals surface area contributed by atoms with E-state index in [2.05, 4.69) is 5.10 Å². The fraction of sp³-hybridized carbons (Fsp3) is 0.556. The fourth-order valence-electron chi connectivity index (χ4n) is 1.16. The average molecular weight is 213 g/mol. The first-order valence-electron chi connectivity index (χ1n) is 4.61. The number of aromatic nitrogens is 2. The van der Waals surface area contributed by atoms with Crippen molar-refractivity contribution in [3.05, 3.63) is 11.4 Å². The Hall–Kier alpha value is -1.56. The molecule has 2 N–H and O–H groups in total. The Balaban J connectivity index is 2.73. The van der Waals surface area contributed by atoms with E-state index in [9.17, 15) is 4.79 Å². The third kappa shape index (κ3) is 2.47. The summed E-state index contributed by atoms with van der Waals surface area (Å²) >= 11 is 0. The number of aryl methyl sites for hydroxylation is 2. The van der Waals surface area contributed by atoms with Crippen LogP contribution < -0.4 is 5.73 Å². The highest BCUT2D eigenvalue weighted by atomic mass is 16.7. The summed E-state index contributed by atoms with van der Waals surface area (Å²) in [5, 5.41) is 4.01. The molecule has 1 aromatic rings. The molecule has 0 aromatic carbocycles. The second-order valence-electron chi connectivity index (χ2n) is 3.01. The van der Waals surface area contributed by atoms with Crippen molar-refractivity contribution in [3.8, 4) is 0 Å². The first-order valence-corrected chi connectivity index (χ1v) is 4.61. The van der Waals surface area contributed by atoms with Gasteiger partial charge in [0.1, 0.15) is 0 Å². The monoisotopic (exact) mass is 213 g/mol. The molecular formula is C9H15N3O3. The number of nitrogen functional groups attached to an aromatic ring is 1. The van der Waals surface area contributed by atoms with E-state index in [-0.39, 0.29) is 12.5 Å². The molecule has 0 saturated carbocycles. The smallest absolute Gasteiger partial charge is 0.360 e. The molecule has 0 aliphatic rings. The number of nitrogens with two attached hydrogens (primary N) is 1. The Morgan fingerprint density at radius 2 is 2.27 bits per heavy atom. The van der Waals surface area contributed by atoms with Crippen LogP contribution in [0.4, 0.5) is 5.69 Å². The van der Waals surface area contributed by atoms with Crippen LogP contribution in [0.1, 0.15) is 23.1 Å². The summed E-state index contributed by atoms with van der Waals surface area (Å²) in [5.41, 5.74) is 6.90. The molecule has 6 nitrogen and oxygen atoms in total. The Labute approximate surface area is 88.0 Å². The quantitative estimate of drug-likeness (QED) is 0.446. The summed E-state index contributed by atoms with van der Waals surface area (Å²) in [6.45, 7) is 3.97. The highest BCUT2D eigenvalue weighted by molar-refractivity contribution is 5.93. The van der Waals surface area contributed by atoms with Gasteiger partial charge in [-0.3, -0.25) is 4.68 Å². The lowest BCUT2D eigenvalue weighted by Crippen LogP contribution is -2.14. The van der Waals surface area contributed by atoms with Crippen molar-refractivity contribution in [2.75, 3.05) is 19.1 Å². The van der Waals surface area contributed by atoms with Crippen LogP contribution in [0.2, 0.25) is 0 Å². The molecule has 0 saturated heterocycles. The molecule has 1 heterocycles. The molecular weight excluding hydrogens is 198 g/mol. The van der Waals surface area contributed by atoms with E-state index >= 15 is 0 Å². The SMILES string of the molecule is CCOCOC(=O)c1c(N)c(C)nn1C. The third-order valence-electron chi connectivity index (χ3n) is 1.94. The van der Waals surface area contributed by atoms with Crippen molar-refractivity contribution < 1.29 is 14.3 Å². The van der Waals surface area contributed by atoms with E-state index in [1.54, 1.807) is 14.0 Å². The molecule has 0 spiro atoms. The van der Waals surface area contributed by atoms with Gasteiger partial charge in [0.05, 0.1) is 11.4 Å². The second-order valence-corrected chi connectivity index (χ2v) is 3.01. The summed E-state index contributed by atoms with van der Waals surface area (Å²) in [6, 6.07) is 0. The van der Waals surface area contributed by atoms with E-state index in [0.29, 0.717) is 18.0 Å². The van der Waals surface area contributed by atoms with Crippen LogP contribution >= 0.6 is 0 Å². The molecule has 1 aromatic heterocycles. The van der Waals surface area contributed by atoms with Gasteiger partial charge in [-0.15, -0.1) is 0 Å². The van der Waals surface area contributed by atoms with Gasteiger partial charge >= 0.3 is 5.97 Å². The minimum Gasteiger partial charge on any atom is -0.434 e. The van der Waals surface area contributed by atoms with Crippen molar-refractivity contribution in [1.82, 2.24) is 9.78 Å². The molecule has 0 unspecified atom stereocenters. The van der Waals surface area contributed by atoms with Gasteiger partial charge in [-0.05, 0) is 13.8 Å². The van der Waals surface area contributed by atoms with Gasteiger partial charge in [0.25, 0.3) is 0 Å². The first kappa shape index (κ1) is 11.5. The number of carbonyl (C=O) groups is 1. The van der Waals surface area contributed by atoms with Gasteiger partial charge in [-0.2, -0.15) is 5.10 Å². The third-order valence-corrected chi connectivity index (χ3v) is 1.94. The van der Waals surface area contributed by atoms with Crippen molar-refractivity contribution in [1.29, 1.82) is 0 Å². The van der Waals surface area contributed by atoms with Gasteiger partial charge in [0.15, 0.2) is 12.5 Å². The first-order chi connectivity index (χ1) is 7.07. The summed E-state index contributed by atoms with van der Waals surface area (Å²) in [7, 11) is 1.64. The molecule has 0 bridgehead atoms. The fourth-order valence-corrected chi connectivity index (χ4v) is 1.16. The molecule has 0 fully saturated rings. The number of esters is 1. The zero-order valence-corrected chi connectivity index (χ0v) is 9.11. The number of carbonyl (C=O) groups excluding carboxylic acids is 1. The summed E-state index contributed by atoms with van der Waals surface area (Å²) in [4.78, 5) is 11.5.